The molecule has 140 valence electrons. The van der Waals surface area contributed by atoms with Gasteiger partial charge in [0.2, 0.25) is 0 Å². The highest BCUT2D eigenvalue weighted by molar-refractivity contribution is 6.14. The molecular formula is C17H18ClN7O2. The third-order valence-electron chi connectivity index (χ3n) is 4.62. The van der Waals surface area contributed by atoms with Crippen LogP contribution in [0.1, 0.15) is 28.9 Å². The lowest BCUT2D eigenvalue weighted by Crippen LogP contribution is -2.34. The summed E-state index contributed by atoms with van der Waals surface area (Å²) in [4.78, 5) is 30.6. The minimum absolute atomic E-state index is 0.133. The van der Waals surface area contributed by atoms with Crippen LogP contribution < -0.4 is 16.0 Å². The van der Waals surface area contributed by atoms with E-state index in [4.69, 9.17) is 17.5 Å². The summed E-state index contributed by atoms with van der Waals surface area (Å²) in [6.07, 6.45) is 7.59. The number of nitrogens with one attached hydrogen (secondary N) is 1. The van der Waals surface area contributed by atoms with Gasteiger partial charge in [0.25, 0.3) is 5.91 Å². The number of nitrogens with two attached hydrogens (primary N) is 1. The van der Waals surface area contributed by atoms with Crippen molar-refractivity contribution >= 4 is 46.7 Å². The molecule has 0 aliphatic carbocycles. The molecule has 0 bridgehead atoms. The van der Waals surface area contributed by atoms with E-state index in [1.807, 2.05) is 6.07 Å². The fourth-order valence-electron chi connectivity index (χ4n) is 3.27. The van der Waals surface area contributed by atoms with Gasteiger partial charge in [-0.2, -0.15) is 5.10 Å². The van der Waals surface area contributed by atoms with Crippen molar-refractivity contribution in [3.63, 3.8) is 0 Å². The van der Waals surface area contributed by atoms with Crippen molar-refractivity contribution in [2.45, 2.75) is 19.5 Å². The maximum absolute atomic E-state index is 12.9. The summed E-state index contributed by atoms with van der Waals surface area (Å²) in [7, 11) is 0. The monoisotopic (exact) mass is 387 g/mol. The number of aromatic nitrogens is 3. The number of hydrogen-bond acceptors (Lipinski definition) is 7. The summed E-state index contributed by atoms with van der Waals surface area (Å²) in [5, 5.41) is 7.06. The first-order valence-corrected chi connectivity index (χ1v) is 8.85. The summed E-state index contributed by atoms with van der Waals surface area (Å²) in [5.74, 6) is 0.0159. The maximum atomic E-state index is 12.9. The Labute approximate surface area is 160 Å². The van der Waals surface area contributed by atoms with Gasteiger partial charge in [-0.3, -0.25) is 19.0 Å². The van der Waals surface area contributed by atoms with Gasteiger partial charge < -0.3 is 16.0 Å². The van der Waals surface area contributed by atoms with Crippen molar-refractivity contribution < 1.29 is 9.59 Å². The van der Waals surface area contributed by atoms with E-state index in [1.54, 1.807) is 29.4 Å². The Morgan fingerprint density at radius 1 is 1.30 bits per heavy atom. The first-order valence-electron chi connectivity index (χ1n) is 8.52. The zero-order chi connectivity index (χ0) is 19.0. The SMILES string of the molecule is Nc1nn2c(c1C(=O)Nc1cnccc1N1CCC(=O)CC1)C=CN(Cl)C2. The molecule has 4 rings (SSSR count). The van der Waals surface area contributed by atoms with Crippen LogP contribution in [0, 0.1) is 0 Å². The summed E-state index contributed by atoms with van der Waals surface area (Å²) in [6.45, 7) is 1.53. The van der Waals surface area contributed by atoms with Crippen molar-refractivity contribution in [3.8, 4) is 0 Å². The molecule has 0 unspecified atom stereocenters. The molecule has 10 heteroatoms. The van der Waals surface area contributed by atoms with Crippen molar-refractivity contribution in [1.82, 2.24) is 19.2 Å². The minimum Gasteiger partial charge on any atom is -0.382 e. The van der Waals surface area contributed by atoms with Crippen LogP contribution in [-0.2, 0) is 11.5 Å². The Morgan fingerprint density at radius 3 is 2.85 bits per heavy atom. The van der Waals surface area contributed by atoms with Crippen molar-refractivity contribution in [2.24, 2.45) is 0 Å². The van der Waals surface area contributed by atoms with Crippen molar-refractivity contribution in [1.29, 1.82) is 0 Å². The highest BCUT2D eigenvalue weighted by Gasteiger charge is 2.25. The molecule has 0 saturated carbocycles. The van der Waals surface area contributed by atoms with Crippen molar-refractivity contribution in [3.05, 3.63) is 35.9 Å². The average molecular weight is 388 g/mol. The number of carbonyl (C=O) groups excluding carboxylic acids is 2. The van der Waals surface area contributed by atoms with Gasteiger partial charge in [-0.15, -0.1) is 0 Å². The Morgan fingerprint density at radius 2 is 2.07 bits per heavy atom. The molecule has 4 heterocycles. The highest BCUT2D eigenvalue weighted by atomic mass is 35.5. The quantitative estimate of drug-likeness (QED) is 0.771. The molecule has 2 aliphatic rings. The molecular weight excluding hydrogens is 370 g/mol. The van der Waals surface area contributed by atoms with Gasteiger partial charge in [0, 0.05) is 50.1 Å². The largest absolute Gasteiger partial charge is 0.382 e. The number of piperidine rings is 1. The number of halogens is 1. The fraction of sp³-hybridized carbons (Fsp3) is 0.294. The molecule has 27 heavy (non-hydrogen) atoms. The Kier molecular flexibility index (Phi) is 4.44. The summed E-state index contributed by atoms with van der Waals surface area (Å²) in [5.41, 5.74) is 8.24. The molecule has 0 aromatic carbocycles. The normalized spacial score (nSPS) is 16.4. The van der Waals surface area contributed by atoms with Crippen LogP contribution in [0.3, 0.4) is 0 Å². The molecule has 0 spiro atoms. The molecule has 0 atom stereocenters. The van der Waals surface area contributed by atoms with Gasteiger partial charge in [-0.1, -0.05) is 0 Å². The summed E-state index contributed by atoms with van der Waals surface area (Å²) < 4.78 is 2.98. The molecule has 2 aliphatic heterocycles. The molecule has 1 saturated heterocycles. The zero-order valence-corrected chi connectivity index (χ0v) is 15.2. The number of carbonyl (C=O) groups is 2. The molecule has 1 fully saturated rings. The molecule has 2 aromatic heterocycles. The van der Waals surface area contributed by atoms with Gasteiger partial charge in [-0.05, 0) is 12.1 Å². The number of amides is 1. The fourth-order valence-corrected chi connectivity index (χ4v) is 3.43. The Bertz CT molecular complexity index is 929. The summed E-state index contributed by atoms with van der Waals surface area (Å²) >= 11 is 5.94. The van der Waals surface area contributed by atoms with E-state index in [2.05, 4.69) is 20.3 Å². The van der Waals surface area contributed by atoms with Gasteiger partial charge in [0.1, 0.15) is 18.0 Å². The average Bonchev–Trinajstić information content (AvgIpc) is 2.98. The van der Waals surface area contributed by atoms with Crippen LogP contribution in [0.15, 0.2) is 24.7 Å². The predicted molar refractivity (Wildman–Crippen MR) is 102 cm³/mol. The molecule has 3 N–H and O–H groups in total. The number of ketones is 1. The molecule has 0 radical (unpaired) electrons. The van der Waals surface area contributed by atoms with Gasteiger partial charge in [0.15, 0.2) is 5.82 Å². The van der Waals surface area contributed by atoms with E-state index in [9.17, 15) is 9.59 Å². The lowest BCUT2D eigenvalue weighted by Gasteiger charge is -2.29. The van der Waals surface area contributed by atoms with Gasteiger partial charge in [0.05, 0.1) is 23.3 Å². The minimum atomic E-state index is -0.372. The Balaban J connectivity index is 1.60. The van der Waals surface area contributed by atoms with Gasteiger partial charge in [-0.25, -0.2) is 4.68 Å². The number of rotatable bonds is 3. The lowest BCUT2D eigenvalue weighted by atomic mass is 10.1. The second-order valence-corrected chi connectivity index (χ2v) is 6.81. The van der Waals surface area contributed by atoms with Crippen LogP contribution in [0.2, 0.25) is 0 Å². The van der Waals surface area contributed by atoms with Crippen LogP contribution in [-0.4, -0.2) is 44.0 Å². The predicted octanol–water partition coefficient (Wildman–Crippen LogP) is 1.68. The standard InChI is InChI=1S/C17H18ClN7O2/c18-24-8-4-14-15(16(19)22-25(14)10-24)17(27)21-12-9-20-5-1-13(12)23-6-2-11(26)3-7-23/h1,4-5,8-9H,2-3,6-7,10H2,(H2,19,22)(H,21,27). The van der Waals surface area contributed by atoms with E-state index in [0.717, 1.165) is 5.69 Å². The topological polar surface area (TPSA) is 109 Å². The number of hydrogen-bond donors (Lipinski definition) is 2. The highest BCUT2D eigenvalue weighted by Crippen LogP contribution is 2.29. The van der Waals surface area contributed by atoms with Crippen molar-refractivity contribution in [2.75, 3.05) is 29.0 Å². The first kappa shape index (κ1) is 17.3. The van der Waals surface area contributed by atoms with E-state index in [0.29, 0.717) is 49.5 Å². The van der Waals surface area contributed by atoms with E-state index < -0.39 is 0 Å². The Hall–Kier alpha value is -3.07. The molecule has 2 aromatic rings. The first-order chi connectivity index (χ1) is 13.0. The van der Waals surface area contributed by atoms with Gasteiger partial charge >= 0.3 is 0 Å². The maximum Gasteiger partial charge on any atom is 0.261 e. The number of anilines is 3. The van der Waals surface area contributed by atoms with Crippen LogP contribution in [0.25, 0.3) is 6.08 Å². The smallest absolute Gasteiger partial charge is 0.261 e. The number of fused-ring (bicyclic) bond motifs is 1. The number of nitrogen functional groups attached to an aromatic ring is 1. The van der Waals surface area contributed by atoms with Crippen LogP contribution >= 0.6 is 11.8 Å². The third kappa shape index (κ3) is 3.33. The van der Waals surface area contributed by atoms with E-state index in [-0.39, 0.29) is 17.5 Å². The zero-order valence-electron chi connectivity index (χ0n) is 14.4. The third-order valence-corrected chi connectivity index (χ3v) is 4.84. The number of pyridine rings is 1. The van der Waals surface area contributed by atoms with Crippen LogP contribution in [0.5, 0.6) is 0 Å². The number of Topliss-reactive ketones (excluding diaryl/α,β-unsaturated/α-hetero) is 1. The second kappa shape index (κ2) is 6.92. The lowest BCUT2D eigenvalue weighted by molar-refractivity contribution is -0.119. The van der Waals surface area contributed by atoms with E-state index in [1.165, 1.54) is 4.42 Å². The van der Waals surface area contributed by atoms with Crippen LogP contribution in [0.4, 0.5) is 17.2 Å². The molecule has 9 nitrogen and oxygen atoms in total. The summed E-state index contributed by atoms with van der Waals surface area (Å²) in [6, 6.07) is 1.83. The second-order valence-electron chi connectivity index (χ2n) is 6.37. The number of nitrogens with zero attached hydrogens (tertiary/aromatic N) is 5. The van der Waals surface area contributed by atoms with E-state index >= 15 is 0 Å². The molecule has 1 amide bonds.